The zero-order valence-corrected chi connectivity index (χ0v) is 11.2. The Hall–Kier alpha value is -1.00. The summed E-state index contributed by atoms with van der Waals surface area (Å²) in [6.07, 6.45) is 4.53. The van der Waals surface area contributed by atoms with Crippen molar-refractivity contribution in [1.82, 2.24) is 9.88 Å². The molecule has 1 aromatic heterocycles. The first-order valence-electron chi connectivity index (χ1n) is 6.03. The number of rotatable bonds is 5. The standard InChI is InChI=1S/C13H19N3S/c1-9(11-3-4-11)16(2)8-10-5-6-15-12(7-10)13(14)17/h5-7,9,11H,3-4,8H2,1-2H3,(H2,14,17). The van der Waals surface area contributed by atoms with Crippen molar-refractivity contribution in [3.05, 3.63) is 29.6 Å². The van der Waals surface area contributed by atoms with Gasteiger partial charge in [-0.25, -0.2) is 0 Å². The van der Waals surface area contributed by atoms with E-state index in [2.05, 4.69) is 23.9 Å². The molecule has 17 heavy (non-hydrogen) atoms. The van der Waals surface area contributed by atoms with Crippen molar-refractivity contribution in [2.24, 2.45) is 11.7 Å². The molecule has 92 valence electrons. The predicted molar refractivity (Wildman–Crippen MR) is 73.8 cm³/mol. The molecule has 0 aliphatic heterocycles. The summed E-state index contributed by atoms with van der Waals surface area (Å²) in [6.45, 7) is 3.23. The Bertz CT molecular complexity index is 415. The van der Waals surface area contributed by atoms with E-state index < -0.39 is 0 Å². The lowest BCUT2D eigenvalue weighted by atomic mass is 10.1. The fourth-order valence-corrected chi connectivity index (χ4v) is 2.19. The Balaban J connectivity index is 2.02. The van der Waals surface area contributed by atoms with E-state index in [1.165, 1.54) is 18.4 Å². The lowest BCUT2D eigenvalue weighted by Crippen LogP contribution is -2.30. The van der Waals surface area contributed by atoms with E-state index in [-0.39, 0.29) is 0 Å². The first kappa shape index (κ1) is 12.5. The van der Waals surface area contributed by atoms with Crippen LogP contribution in [0.5, 0.6) is 0 Å². The predicted octanol–water partition coefficient (Wildman–Crippen LogP) is 1.95. The van der Waals surface area contributed by atoms with Crippen molar-refractivity contribution >= 4 is 17.2 Å². The van der Waals surface area contributed by atoms with Crippen LogP contribution in [0.3, 0.4) is 0 Å². The molecule has 4 heteroatoms. The molecule has 0 bridgehead atoms. The Morgan fingerprint density at radius 1 is 1.65 bits per heavy atom. The Morgan fingerprint density at radius 2 is 2.35 bits per heavy atom. The monoisotopic (exact) mass is 249 g/mol. The average molecular weight is 249 g/mol. The van der Waals surface area contributed by atoms with Gasteiger partial charge in [-0.2, -0.15) is 0 Å². The van der Waals surface area contributed by atoms with E-state index in [4.69, 9.17) is 18.0 Å². The van der Waals surface area contributed by atoms with Gasteiger partial charge in [0.1, 0.15) is 4.99 Å². The quantitative estimate of drug-likeness (QED) is 0.810. The molecule has 2 N–H and O–H groups in total. The molecule has 1 atom stereocenters. The molecule has 0 amide bonds. The van der Waals surface area contributed by atoms with Crippen LogP contribution < -0.4 is 5.73 Å². The van der Waals surface area contributed by atoms with Gasteiger partial charge in [0.05, 0.1) is 5.69 Å². The molecule has 0 radical (unpaired) electrons. The molecule has 0 saturated heterocycles. The number of thiocarbonyl (C=S) groups is 1. The maximum Gasteiger partial charge on any atom is 0.122 e. The topological polar surface area (TPSA) is 42.2 Å². The second-order valence-corrected chi connectivity index (χ2v) is 5.35. The van der Waals surface area contributed by atoms with Gasteiger partial charge in [0, 0.05) is 18.8 Å². The average Bonchev–Trinajstić information content (AvgIpc) is 3.12. The summed E-state index contributed by atoms with van der Waals surface area (Å²) in [5.41, 5.74) is 7.52. The molecule has 1 aliphatic rings. The zero-order chi connectivity index (χ0) is 12.4. The van der Waals surface area contributed by atoms with E-state index in [0.29, 0.717) is 16.7 Å². The third-order valence-electron chi connectivity index (χ3n) is 3.51. The van der Waals surface area contributed by atoms with E-state index in [1.807, 2.05) is 12.1 Å². The summed E-state index contributed by atoms with van der Waals surface area (Å²) in [4.78, 5) is 6.90. The highest BCUT2D eigenvalue weighted by Crippen LogP contribution is 2.35. The summed E-state index contributed by atoms with van der Waals surface area (Å²) in [7, 11) is 2.17. The van der Waals surface area contributed by atoms with E-state index in [0.717, 1.165) is 12.5 Å². The number of aromatic nitrogens is 1. The zero-order valence-electron chi connectivity index (χ0n) is 10.4. The van der Waals surface area contributed by atoms with Gasteiger partial charge in [0.15, 0.2) is 0 Å². The normalized spacial score (nSPS) is 17.1. The van der Waals surface area contributed by atoms with Gasteiger partial charge in [-0.1, -0.05) is 12.2 Å². The van der Waals surface area contributed by atoms with Crippen molar-refractivity contribution < 1.29 is 0 Å². The maximum atomic E-state index is 5.59. The summed E-state index contributed by atoms with van der Waals surface area (Å²) in [5, 5.41) is 0. The first-order valence-corrected chi connectivity index (χ1v) is 6.43. The fraction of sp³-hybridized carbons (Fsp3) is 0.538. The lowest BCUT2D eigenvalue weighted by Gasteiger charge is -2.24. The summed E-state index contributed by atoms with van der Waals surface area (Å²) in [6, 6.07) is 4.66. The van der Waals surface area contributed by atoms with Crippen LogP contribution >= 0.6 is 12.2 Å². The minimum atomic E-state index is 0.366. The highest BCUT2D eigenvalue weighted by atomic mass is 32.1. The lowest BCUT2D eigenvalue weighted by molar-refractivity contribution is 0.226. The van der Waals surface area contributed by atoms with Gasteiger partial charge in [0.2, 0.25) is 0 Å². The number of nitrogens with zero attached hydrogens (tertiary/aromatic N) is 2. The number of pyridine rings is 1. The molecule has 3 nitrogen and oxygen atoms in total. The minimum absolute atomic E-state index is 0.366. The van der Waals surface area contributed by atoms with Crippen molar-refractivity contribution in [3.63, 3.8) is 0 Å². The molecule has 1 saturated carbocycles. The smallest absolute Gasteiger partial charge is 0.122 e. The highest BCUT2D eigenvalue weighted by Gasteiger charge is 2.30. The molecule has 0 aromatic carbocycles. The van der Waals surface area contributed by atoms with Crippen molar-refractivity contribution in [2.75, 3.05) is 7.05 Å². The van der Waals surface area contributed by atoms with Gasteiger partial charge in [-0.3, -0.25) is 9.88 Å². The van der Waals surface area contributed by atoms with E-state index in [9.17, 15) is 0 Å². The van der Waals surface area contributed by atoms with Crippen LogP contribution in [0.1, 0.15) is 31.0 Å². The Morgan fingerprint density at radius 3 is 2.94 bits per heavy atom. The molecular formula is C13H19N3S. The summed E-state index contributed by atoms with van der Waals surface area (Å²) < 4.78 is 0. The van der Waals surface area contributed by atoms with Gasteiger partial charge >= 0.3 is 0 Å². The van der Waals surface area contributed by atoms with Crippen LogP contribution in [0.15, 0.2) is 18.3 Å². The third-order valence-corrected chi connectivity index (χ3v) is 3.72. The van der Waals surface area contributed by atoms with Crippen LogP contribution in [-0.2, 0) is 6.54 Å². The molecular weight excluding hydrogens is 230 g/mol. The van der Waals surface area contributed by atoms with Crippen LogP contribution in [-0.4, -0.2) is 28.0 Å². The number of hydrogen-bond acceptors (Lipinski definition) is 3. The van der Waals surface area contributed by atoms with Gasteiger partial charge < -0.3 is 5.73 Å². The summed E-state index contributed by atoms with van der Waals surface area (Å²) in [5.74, 6) is 0.886. The largest absolute Gasteiger partial charge is 0.388 e. The number of hydrogen-bond donors (Lipinski definition) is 1. The van der Waals surface area contributed by atoms with Gasteiger partial charge in [-0.15, -0.1) is 0 Å². The molecule has 1 fully saturated rings. The van der Waals surface area contributed by atoms with Gasteiger partial charge in [0.25, 0.3) is 0 Å². The molecule has 2 rings (SSSR count). The molecule has 1 unspecified atom stereocenters. The van der Waals surface area contributed by atoms with E-state index >= 15 is 0 Å². The second-order valence-electron chi connectivity index (χ2n) is 4.91. The second kappa shape index (κ2) is 5.10. The first-order chi connectivity index (χ1) is 8.08. The van der Waals surface area contributed by atoms with Crippen LogP contribution in [0.4, 0.5) is 0 Å². The number of nitrogens with two attached hydrogens (primary N) is 1. The molecule has 1 heterocycles. The van der Waals surface area contributed by atoms with Crippen LogP contribution in [0.25, 0.3) is 0 Å². The third kappa shape index (κ3) is 3.23. The van der Waals surface area contributed by atoms with Crippen molar-refractivity contribution in [2.45, 2.75) is 32.4 Å². The van der Waals surface area contributed by atoms with Gasteiger partial charge in [-0.05, 0) is 50.4 Å². The SMILES string of the molecule is CC(C1CC1)N(C)Cc1ccnc(C(N)=S)c1. The van der Waals surface area contributed by atoms with E-state index in [1.54, 1.807) is 6.20 Å². The van der Waals surface area contributed by atoms with Crippen LogP contribution in [0.2, 0.25) is 0 Å². The maximum absolute atomic E-state index is 5.59. The fourth-order valence-electron chi connectivity index (χ4n) is 2.08. The highest BCUT2D eigenvalue weighted by molar-refractivity contribution is 7.80. The van der Waals surface area contributed by atoms with Crippen molar-refractivity contribution in [3.8, 4) is 0 Å². The summed E-state index contributed by atoms with van der Waals surface area (Å²) >= 11 is 4.94. The minimum Gasteiger partial charge on any atom is -0.388 e. The molecule has 1 aromatic rings. The molecule has 1 aliphatic carbocycles. The van der Waals surface area contributed by atoms with Crippen LogP contribution in [0, 0.1) is 5.92 Å². The Labute approximate surface area is 108 Å². The molecule has 0 spiro atoms. The van der Waals surface area contributed by atoms with Crippen molar-refractivity contribution in [1.29, 1.82) is 0 Å². The Kier molecular flexibility index (Phi) is 3.74.